The van der Waals surface area contributed by atoms with E-state index in [1.807, 2.05) is 0 Å². The summed E-state index contributed by atoms with van der Waals surface area (Å²) in [5.74, 6) is -1.04. The van der Waals surface area contributed by atoms with Crippen molar-refractivity contribution in [3.05, 3.63) is 24.3 Å². The van der Waals surface area contributed by atoms with Crippen LogP contribution in [0.25, 0.3) is 0 Å². The second kappa shape index (κ2) is 6.49. The molecule has 0 bridgehead atoms. The standard InChI is InChI=1S/C13H16F3NO3/c1-8(12(18)19-3)9(2)17-10-4-6-11(7-5-10)20-13(14,15)16/h4-9,17H,1-3H3. The first-order valence-corrected chi connectivity index (χ1v) is 5.93. The van der Waals surface area contributed by atoms with E-state index in [9.17, 15) is 18.0 Å². The molecule has 20 heavy (non-hydrogen) atoms. The van der Waals surface area contributed by atoms with E-state index in [4.69, 9.17) is 0 Å². The Morgan fingerprint density at radius 2 is 1.75 bits per heavy atom. The summed E-state index contributed by atoms with van der Waals surface area (Å²) >= 11 is 0. The van der Waals surface area contributed by atoms with E-state index in [1.54, 1.807) is 13.8 Å². The van der Waals surface area contributed by atoms with Crippen LogP contribution in [0.4, 0.5) is 18.9 Å². The predicted molar refractivity (Wildman–Crippen MR) is 67.4 cm³/mol. The van der Waals surface area contributed by atoms with Gasteiger partial charge in [-0.15, -0.1) is 13.2 Å². The monoisotopic (exact) mass is 291 g/mol. The fourth-order valence-electron chi connectivity index (χ4n) is 1.53. The van der Waals surface area contributed by atoms with Crippen LogP contribution < -0.4 is 10.1 Å². The molecule has 0 heterocycles. The molecule has 1 aromatic rings. The van der Waals surface area contributed by atoms with E-state index in [2.05, 4.69) is 14.8 Å². The SMILES string of the molecule is COC(=O)C(C)C(C)Nc1ccc(OC(F)(F)F)cc1. The Balaban J connectivity index is 2.63. The highest BCUT2D eigenvalue weighted by Crippen LogP contribution is 2.24. The lowest BCUT2D eigenvalue weighted by Crippen LogP contribution is -2.30. The van der Waals surface area contributed by atoms with Crippen LogP contribution in [0.1, 0.15) is 13.8 Å². The fraction of sp³-hybridized carbons (Fsp3) is 0.462. The van der Waals surface area contributed by atoms with E-state index in [0.717, 1.165) is 0 Å². The number of rotatable bonds is 5. The molecule has 1 aromatic carbocycles. The van der Waals surface area contributed by atoms with Gasteiger partial charge < -0.3 is 14.8 Å². The summed E-state index contributed by atoms with van der Waals surface area (Å²) in [4.78, 5) is 11.3. The van der Waals surface area contributed by atoms with Gasteiger partial charge in [0.2, 0.25) is 0 Å². The van der Waals surface area contributed by atoms with Gasteiger partial charge in [0.15, 0.2) is 0 Å². The Morgan fingerprint density at radius 1 is 1.20 bits per heavy atom. The maximum atomic E-state index is 12.0. The van der Waals surface area contributed by atoms with Gasteiger partial charge in [-0.2, -0.15) is 0 Å². The quantitative estimate of drug-likeness (QED) is 0.846. The van der Waals surface area contributed by atoms with Gasteiger partial charge in [-0.05, 0) is 38.1 Å². The first-order valence-electron chi connectivity index (χ1n) is 5.93. The van der Waals surface area contributed by atoms with E-state index in [-0.39, 0.29) is 23.7 Å². The van der Waals surface area contributed by atoms with Crippen LogP contribution in [-0.4, -0.2) is 25.5 Å². The number of carbonyl (C=O) groups excluding carboxylic acids is 1. The minimum Gasteiger partial charge on any atom is -0.469 e. The van der Waals surface area contributed by atoms with Crippen molar-refractivity contribution in [3.63, 3.8) is 0 Å². The lowest BCUT2D eigenvalue weighted by Gasteiger charge is -2.20. The predicted octanol–water partition coefficient (Wildman–Crippen LogP) is 3.19. The van der Waals surface area contributed by atoms with Gasteiger partial charge in [-0.1, -0.05) is 0 Å². The van der Waals surface area contributed by atoms with Gasteiger partial charge >= 0.3 is 12.3 Å². The third-order valence-electron chi connectivity index (χ3n) is 2.81. The summed E-state index contributed by atoms with van der Waals surface area (Å²) in [5, 5.41) is 3.01. The molecule has 4 nitrogen and oxygen atoms in total. The van der Waals surface area contributed by atoms with E-state index < -0.39 is 6.36 Å². The van der Waals surface area contributed by atoms with Gasteiger partial charge in [0.1, 0.15) is 5.75 Å². The Labute approximate surface area is 114 Å². The third kappa shape index (κ3) is 4.99. The first kappa shape index (κ1) is 16.1. The topological polar surface area (TPSA) is 47.6 Å². The van der Waals surface area contributed by atoms with Crippen molar-refractivity contribution >= 4 is 11.7 Å². The van der Waals surface area contributed by atoms with Crippen molar-refractivity contribution in [1.82, 2.24) is 0 Å². The maximum Gasteiger partial charge on any atom is 0.573 e. The molecule has 1 N–H and O–H groups in total. The van der Waals surface area contributed by atoms with Crippen LogP contribution >= 0.6 is 0 Å². The molecule has 0 saturated carbocycles. The summed E-state index contributed by atoms with van der Waals surface area (Å²) in [6.45, 7) is 3.48. The second-order valence-corrected chi connectivity index (χ2v) is 4.32. The molecule has 7 heteroatoms. The van der Waals surface area contributed by atoms with Gasteiger partial charge in [0.25, 0.3) is 0 Å². The van der Waals surface area contributed by atoms with Gasteiger partial charge in [-0.3, -0.25) is 4.79 Å². The molecule has 1 rings (SSSR count). The highest BCUT2D eigenvalue weighted by Gasteiger charge is 2.31. The third-order valence-corrected chi connectivity index (χ3v) is 2.81. The molecule has 0 spiro atoms. The average Bonchev–Trinajstić information content (AvgIpc) is 2.37. The molecule has 0 radical (unpaired) electrons. The Kier molecular flexibility index (Phi) is 5.24. The van der Waals surface area contributed by atoms with Crippen LogP contribution in [-0.2, 0) is 9.53 Å². The summed E-state index contributed by atoms with van der Waals surface area (Å²) in [6.07, 6.45) is -4.71. The van der Waals surface area contributed by atoms with Crippen molar-refractivity contribution < 1.29 is 27.4 Å². The molecule has 0 amide bonds. The number of esters is 1. The second-order valence-electron chi connectivity index (χ2n) is 4.32. The number of benzene rings is 1. The number of methoxy groups -OCH3 is 1. The molecule has 2 atom stereocenters. The molecule has 112 valence electrons. The Morgan fingerprint density at radius 3 is 2.20 bits per heavy atom. The molecular formula is C13H16F3NO3. The molecule has 0 fully saturated rings. The van der Waals surface area contributed by atoms with E-state index in [1.165, 1.54) is 31.4 Å². The molecule has 0 saturated heterocycles. The zero-order chi connectivity index (χ0) is 15.3. The lowest BCUT2D eigenvalue weighted by molar-refractivity contribution is -0.274. The number of alkyl halides is 3. The van der Waals surface area contributed by atoms with Crippen LogP contribution in [0, 0.1) is 5.92 Å². The normalized spacial score (nSPS) is 14.3. The zero-order valence-corrected chi connectivity index (χ0v) is 11.3. The maximum absolute atomic E-state index is 12.0. The minimum atomic E-state index is -4.71. The van der Waals surface area contributed by atoms with E-state index in [0.29, 0.717) is 5.69 Å². The van der Waals surface area contributed by atoms with Crippen molar-refractivity contribution in [2.75, 3.05) is 12.4 Å². The van der Waals surface area contributed by atoms with Crippen LogP contribution in [0.15, 0.2) is 24.3 Å². The summed E-state index contributed by atoms with van der Waals surface area (Å²) < 4.78 is 44.4. The van der Waals surface area contributed by atoms with Crippen molar-refractivity contribution in [2.45, 2.75) is 26.3 Å². The Bertz CT molecular complexity index is 445. The zero-order valence-electron chi connectivity index (χ0n) is 11.3. The van der Waals surface area contributed by atoms with Crippen molar-refractivity contribution in [2.24, 2.45) is 5.92 Å². The molecule has 0 aliphatic carbocycles. The smallest absolute Gasteiger partial charge is 0.469 e. The van der Waals surface area contributed by atoms with Crippen molar-refractivity contribution in [1.29, 1.82) is 0 Å². The fourth-order valence-corrected chi connectivity index (χ4v) is 1.53. The van der Waals surface area contributed by atoms with Gasteiger partial charge in [0, 0.05) is 11.7 Å². The largest absolute Gasteiger partial charge is 0.573 e. The van der Waals surface area contributed by atoms with Crippen molar-refractivity contribution in [3.8, 4) is 5.75 Å². The van der Waals surface area contributed by atoms with Crippen LogP contribution in [0.5, 0.6) is 5.75 Å². The minimum absolute atomic E-state index is 0.225. The van der Waals surface area contributed by atoms with E-state index >= 15 is 0 Å². The van der Waals surface area contributed by atoms with Gasteiger partial charge in [0.05, 0.1) is 13.0 Å². The lowest BCUT2D eigenvalue weighted by atomic mass is 10.0. The summed E-state index contributed by atoms with van der Waals surface area (Å²) in [7, 11) is 1.30. The highest BCUT2D eigenvalue weighted by atomic mass is 19.4. The Hall–Kier alpha value is -1.92. The number of ether oxygens (including phenoxy) is 2. The number of nitrogens with one attached hydrogen (secondary N) is 1. The highest BCUT2D eigenvalue weighted by molar-refractivity contribution is 5.73. The molecule has 0 aliphatic heterocycles. The number of carbonyl (C=O) groups is 1. The molecule has 0 aliphatic rings. The van der Waals surface area contributed by atoms with Crippen LogP contribution in [0.3, 0.4) is 0 Å². The van der Waals surface area contributed by atoms with Crippen LogP contribution in [0.2, 0.25) is 0 Å². The number of hydrogen-bond acceptors (Lipinski definition) is 4. The number of halogens is 3. The summed E-state index contributed by atoms with van der Waals surface area (Å²) in [6, 6.07) is 5.07. The van der Waals surface area contributed by atoms with Gasteiger partial charge in [-0.25, -0.2) is 0 Å². The average molecular weight is 291 g/mol. The summed E-state index contributed by atoms with van der Waals surface area (Å²) in [5.41, 5.74) is 0.586. The number of hydrogen-bond donors (Lipinski definition) is 1. The molecular weight excluding hydrogens is 275 g/mol. The molecule has 2 unspecified atom stereocenters. The number of anilines is 1. The molecule has 0 aromatic heterocycles. The first-order chi connectivity index (χ1) is 9.23.